The molecule has 0 aliphatic heterocycles. The molecule has 1 aromatic rings. The van der Waals surface area contributed by atoms with Crippen molar-refractivity contribution in [1.82, 2.24) is 0 Å². The molecule has 0 aliphatic carbocycles. The summed E-state index contributed by atoms with van der Waals surface area (Å²) in [6.07, 6.45) is -6.25. The number of alkyl halides is 3. The zero-order chi connectivity index (χ0) is 14.1. The topological polar surface area (TPSA) is 83.6 Å². The smallest absolute Gasteiger partial charge is 0.417 e. The number of aliphatic hydroxyl groups is 1. The third kappa shape index (κ3) is 3.12. The van der Waals surface area contributed by atoms with Crippen LogP contribution >= 0.6 is 11.6 Å². The lowest BCUT2D eigenvalue weighted by Gasteiger charge is -2.17. The summed E-state index contributed by atoms with van der Waals surface area (Å²) in [5, 5.41) is 17.5. The van der Waals surface area contributed by atoms with Crippen LogP contribution in [0.2, 0.25) is 5.02 Å². The Morgan fingerprint density at radius 3 is 2.33 bits per heavy atom. The van der Waals surface area contributed by atoms with Crippen molar-refractivity contribution in [3.8, 4) is 0 Å². The summed E-state index contributed by atoms with van der Waals surface area (Å²) < 4.78 is 37.2. The number of halogens is 4. The maximum atomic E-state index is 12.4. The lowest BCUT2D eigenvalue weighted by molar-refractivity contribution is -0.141. The molecule has 0 spiro atoms. The number of rotatable bonds is 3. The SMILES string of the molecule is NC(C(=O)O)C(O)c1ccc(C(F)(F)F)c(Cl)c1. The number of nitrogens with two attached hydrogens (primary N) is 1. The number of carboxylic acid groups (broad SMARTS) is 1. The number of aliphatic hydroxyl groups excluding tert-OH is 1. The molecule has 0 aliphatic rings. The van der Waals surface area contributed by atoms with Crippen molar-refractivity contribution >= 4 is 17.6 Å². The van der Waals surface area contributed by atoms with Gasteiger partial charge in [-0.15, -0.1) is 0 Å². The van der Waals surface area contributed by atoms with Crippen LogP contribution in [-0.2, 0) is 11.0 Å². The molecule has 0 radical (unpaired) electrons. The largest absolute Gasteiger partial charge is 0.480 e. The highest BCUT2D eigenvalue weighted by molar-refractivity contribution is 6.31. The Bertz CT molecular complexity index is 464. The van der Waals surface area contributed by atoms with Gasteiger partial charge in [0.05, 0.1) is 10.6 Å². The first-order valence-corrected chi connectivity index (χ1v) is 5.05. The minimum Gasteiger partial charge on any atom is -0.480 e. The highest BCUT2D eigenvalue weighted by atomic mass is 35.5. The van der Waals surface area contributed by atoms with Crippen molar-refractivity contribution in [3.05, 3.63) is 34.3 Å². The first-order valence-electron chi connectivity index (χ1n) is 4.67. The second-order valence-corrected chi connectivity index (χ2v) is 3.95. The fourth-order valence-corrected chi connectivity index (χ4v) is 1.58. The van der Waals surface area contributed by atoms with Crippen molar-refractivity contribution in [2.24, 2.45) is 5.73 Å². The van der Waals surface area contributed by atoms with Gasteiger partial charge >= 0.3 is 12.1 Å². The third-order valence-electron chi connectivity index (χ3n) is 2.27. The fraction of sp³-hybridized carbons (Fsp3) is 0.300. The van der Waals surface area contributed by atoms with Gasteiger partial charge in [-0.1, -0.05) is 17.7 Å². The maximum absolute atomic E-state index is 12.4. The summed E-state index contributed by atoms with van der Waals surface area (Å²) >= 11 is 5.42. The molecule has 0 heterocycles. The van der Waals surface area contributed by atoms with Gasteiger partial charge in [-0.2, -0.15) is 13.2 Å². The summed E-state index contributed by atoms with van der Waals surface area (Å²) in [5.41, 5.74) is 3.99. The normalized spacial score (nSPS) is 15.2. The van der Waals surface area contributed by atoms with Crippen LogP contribution in [-0.4, -0.2) is 22.2 Å². The van der Waals surface area contributed by atoms with Gasteiger partial charge in [-0.3, -0.25) is 4.79 Å². The van der Waals surface area contributed by atoms with E-state index in [1.165, 1.54) is 0 Å². The Balaban J connectivity index is 3.08. The van der Waals surface area contributed by atoms with Gasteiger partial charge in [0.1, 0.15) is 12.1 Å². The van der Waals surface area contributed by atoms with E-state index in [0.29, 0.717) is 6.07 Å². The maximum Gasteiger partial charge on any atom is 0.417 e. The van der Waals surface area contributed by atoms with Crippen molar-refractivity contribution in [1.29, 1.82) is 0 Å². The van der Waals surface area contributed by atoms with Gasteiger partial charge in [0, 0.05) is 0 Å². The van der Waals surface area contributed by atoms with Crippen LogP contribution in [0.25, 0.3) is 0 Å². The van der Waals surface area contributed by atoms with Crippen molar-refractivity contribution in [2.45, 2.75) is 18.3 Å². The Morgan fingerprint density at radius 1 is 1.39 bits per heavy atom. The number of carbonyl (C=O) groups is 1. The first-order chi connectivity index (χ1) is 8.14. The molecule has 2 unspecified atom stereocenters. The molecule has 0 saturated carbocycles. The molecule has 4 N–H and O–H groups in total. The third-order valence-corrected chi connectivity index (χ3v) is 2.58. The van der Waals surface area contributed by atoms with Crippen molar-refractivity contribution < 1.29 is 28.2 Å². The molecule has 0 fully saturated rings. The lowest BCUT2D eigenvalue weighted by atomic mass is 10.0. The molecule has 1 aromatic carbocycles. The Labute approximate surface area is 105 Å². The molecule has 1 rings (SSSR count). The van der Waals surface area contributed by atoms with E-state index in [2.05, 4.69) is 0 Å². The molecule has 0 bridgehead atoms. The Morgan fingerprint density at radius 2 is 1.94 bits per heavy atom. The molecular weight excluding hydrogens is 275 g/mol. The van der Waals surface area contributed by atoms with E-state index < -0.39 is 34.9 Å². The van der Waals surface area contributed by atoms with E-state index in [0.717, 1.165) is 12.1 Å². The summed E-state index contributed by atoms with van der Waals surface area (Å²) in [7, 11) is 0. The monoisotopic (exact) mass is 283 g/mol. The van der Waals surface area contributed by atoms with Gasteiger partial charge < -0.3 is 15.9 Å². The number of hydrogen-bond donors (Lipinski definition) is 3. The summed E-state index contributed by atoms with van der Waals surface area (Å²) in [6.45, 7) is 0. The fourth-order valence-electron chi connectivity index (χ4n) is 1.29. The Kier molecular flexibility index (Phi) is 4.20. The van der Waals surface area contributed by atoms with Crippen LogP contribution in [0, 0.1) is 0 Å². The second kappa shape index (κ2) is 5.13. The first kappa shape index (κ1) is 14.7. The van der Waals surface area contributed by atoms with Crippen LogP contribution in [0.5, 0.6) is 0 Å². The van der Waals surface area contributed by atoms with E-state index in [-0.39, 0.29) is 5.56 Å². The zero-order valence-electron chi connectivity index (χ0n) is 8.78. The highest BCUT2D eigenvalue weighted by Crippen LogP contribution is 2.36. The van der Waals surface area contributed by atoms with E-state index >= 15 is 0 Å². The van der Waals surface area contributed by atoms with Gasteiger partial charge in [0.2, 0.25) is 0 Å². The molecule has 0 amide bonds. The van der Waals surface area contributed by atoms with E-state index in [1.807, 2.05) is 0 Å². The number of benzene rings is 1. The zero-order valence-corrected chi connectivity index (χ0v) is 9.53. The molecule has 0 aromatic heterocycles. The van der Waals surface area contributed by atoms with Crippen molar-refractivity contribution in [3.63, 3.8) is 0 Å². The molecule has 2 atom stereocenters. The average Bonchev–Trinajstić information content (AvgIpc) is 2.24. The number of carboxylic acids is 1. The second-order valence-electron chi connectivity index (χ2n) is 3.55. The average molecular weight is 284 g/mol. The predicted molar refractivity (Wildman–Crippen MR) is 57.0 cm³/mol. The van der Waals surface area contributed by atoms with Crippen molar-refractivity contribution in [2.75, 3.05) is 0 Å². The van der Waals surface area contributed by atoms with Gasteiger partial charge in [0.25, 0.3) is 0 Å². The minimum absolute atomic E-state index is 0.0945. The van der Waals surface area contributed by atoms with Crippen LogP contribution in [0.3, 0.4) is 0 Å². The summed E-state index contributed by atoms with van der Waals surface area (Å²) in [4.78, 5) is 10.5. The number of hydrogen-bond acceptors (Lipinski definition) is 3. The molecule has 8 heteroatoms. The standard InChI is InChI=1S/C10H9ClF3NO3/c11-6-3-4(8(16)7(15)9(17)18)1-2-5(6)10(12,13)14/h1-3,7-8,16H,15H2,(H,17,18). The van der Waals surface area contributed by atoms with E-state index in [9.17, 15) is 23.1 Å². The van der Waals surface area contributed by atoms with Gasteiger partial charge in [-0.05, 0) is 17.7 Å². The minimum atomic E-state index is -4.62. The van der Waals surface area contributed by atoms with E-state index in [1.54, 1.807) is 0 Å². The molecule has 100 valence electrons. The highest BCUT2D eigenvalue weighted by Gasteiger charge is 2.34. The summed E-state index contributed by atoms with van der Waals surface area (Å²) in [5.74, 6) is -1.47. The van der Waals surface area contributed by atoms with Crippen LogP contribution in [0.1, 0.15) is 17.2 Å². The molecule has 0 saturated heterocycles. The van der Waals surface area contributed by atoms with Crippen LogP contribution in [0.4, 0.5) is 13.2 Å². The Hall–Kier alpha value is -1.31. The molecular formula is C10H9ClF3NO3. The lowest BCUT2D eigenvalue weighted by Crippen LogP contribution is -2.36. The number of aliphatic carboxylic acids is 1. The van der Waals surface area contributed by atoms with Gasteiger partial charge in [-0.25, -0.2) is 0 Å². The predicted octanol–water partition coefficient (Wildman–Crippen LogP) is 1.80. The van der Waals surface area contributed by atoms with Crippen LogP contribution in [0.15, 0.2) is 18.2 Å². The molecule has 18 heavy (non-hydrogen) atoms. The van der Waals surface area contributed by atoms with Gasteiger partial charge in [0.15, 0.2) is 0 Å². The van der Waals surface area contributed by atoms with E-state index in [4.69, 9.17) is 22.4 Å². The van der Waals surface area contributed by atoms with Crippen LogP contribution < -0.4 is 5.73 Å². The quantitative estimate of drug-likeness (QED) is 0.790. The summed E-state index contributed by atoms with van der Waals surface area (Å²) in [6, 6.07) is 0.799. The molecule has 4 nitrogen and oxygen atoms in total.